The van der Waals surface area contributed by atoms with Gasteiger partial charge in [0.25, 0.3) is 0 Å². The molecule has 0 fully saturated rings. The Morgan fingerprint density at radius 2 is 1.67 bits per heavy atom. The second kappa shape index (κ2) is 6.90. The quantitative estimate of drug-likeness (QED) is 0.576. The molecular formula is C10H18S2. The first-order chi connectivity index (χ1) is 5.93. The van der Waals surface area contributed by atoms with E-state index in [-0.39, 0.29) is 0 Å². The minimum Gasteiger partial charge on any atom is -0.119 e. The van der Waals surface area contributed by atoms with Crippen LogP contribution in [0.15, 0.2) is 10.8 Å². The number of rotatable bonds is 6. The maximum Gasteiger partial charge on any atom is 0.0585 e. The zero-order chi connectivity index (χ0) is 8.65. The van der Waals surface area contributed by atoms with Gasteiger partial charge in [-0.05, 0) is 17.2 Å². The van der Waals surface area contributed by atoms with E-state index >= 15 is 0 Å². The highest BCUT2D eigenvalue weighted by Crippen LogP contribution is 2.36. The molecule has 0 atom stereocenters. The molecule has 1 rings (SSSR count). The second-order valence-corrected chi connectivity index (χ2v) is 5.70. The molecule has 2 heteroatoms. The first-order valence-electron chi connectivity index (χ1n) is 4.89. The minimum absolute atomic E-state index is 0.839. The van der Waals surface area contributed by atoms with Gasteiger partial charge in [0.2, 0.25) is 0 Å². The Kier molecular flexibility index (Phi) is 6.05. The Morgan fingerprint density at radius 3 is 2.33 bits per heavy atom. The van der Waals surface area contributed by atoms with Crippen molar-refractivity contribution in [3.8, 4) is 0 Å². The summed E-state index contributed by atoms with van der Waals surface area (Å²) in [5.41, 5.74) is 0. The molecule has 1 aliphatic heterocycles. The molecule has 70 valence electrons. The number of thioether (sulfide) groups is 2. The first kappa shape index (κ1) is 10.5. The second-order valence-electron chi connectivity index (χ2n) is 3.18. The fourth-order valence-electron chi connectivity index (χ4n) is 1.32. The van der Waals surface area contributed by atoms with Gasteiger partial charge < -0.3 is 0 Å². The van der Waals surface area contributed by atoms with E-state index in [2.05, 4.69) is 17.7 Å². The van der Waals surface area contributed by atoms with E-state index in [1.807, 2.05) is 23.5 Å². The van der Waals surface area contributed by atoms with Gasteiger partial charge in [-0.3, -0.25) is 0 Å². The van der Waals surface area contributed by atoms with Crippen molar-refractivity contribution >= 4 is 23.5 Å². The van der Waals surface area contributed by atoms with Crippen LogP contribution in [0.1, 0.15) is 45.4 Å². The average Bonchev–Trinajstić information content (AvgIpc) is 2.57. The van der Waals surface area contributed by atoms with Gasteiger partial charge >= 0.3 is 0 Å². The van der Waals surface area contributed by atoms with Crippen molar-refractivity contribution in [1.29, 1.82) is 0 Å². The van der Waals surface area contributed by atoms with E-state index in [0.29, 0.717) is 0 Å². The molecule has 0 radical (unpaired) electrons. The predicted octanol–water partition coefficient (Wildman–Crippen LogP) is 4.62. The predicted molar refractivity (Wildman–Crippen MR) is 61.5 cm³/mol. The van der Waals surface area contributed by atoms with Crippen molar-refractivity contribution in [1.82, 2.24) is 0 Å². The van der Waals surface area contributed by atoms with E-state index in [1.165, 1.54) is 38.5 Å². The van der Waals surface area contributed by atoms with Gasteiger partial charge in [-0.25, -0.2) is 0 Å². The van der Waals surface area contributed by atoms with Crippen LogP contribution in [0.4, 0.5) is 0 Å². The lowest BCUT2D eigenvalue weighted by molar-refractivity contribution is 0.623. The smallest absolute Gasteiger partial charge is 0.0585 e. The fourth-order valence-corrected chi connectivity index (χ4v) is 3.43. The zero-order valence-corrected chi connectivity index (χ0v) is 9.42. The van der Waals surface area contributed by atoms with Crippen LogP contribution in [0.3, 0.4) is 0 Å². The summed E-state index contributed by atoms with van der Waals surface area (Å²) in [4.78, 5) is 0. The third-order valence-electron chi connectivity index (χ3n) is 2.06. The third-order valence-corrected chi connectivity index (χ3v) is 4.56. The van der Waals surface area contributed by atoms with Gasteiger partial charge in [-0.2, -0.15) is 0 Å². The SMILES string of the molecule is CCCCCCCC1SC=CS1. The van der Waals surface area contributed by atoms with Crippen molar-refractivity contribution in [2.45, 2.75) is 50.0 Å². The van der Waals surface area contributed by atoms with Gasteiger partial charge in [0.1, 0.15) is 0 Å². The lowest BCUT2D eigenvalue weighted by Gasteiger charge is -2.06. The monoisotopic (exact) mass is 202 g/mol. The molecule has 0 aromatic heterocycles. The highest BCUT2D eigenvalue weighted by Gasteiger charge is 2.10. The van der Waals surface area contributed by atoms with E-state index in [0.717, 1.165) is 4.58 Å². The zero-order valence-electron chi connectivity index (χ0n) is 7.79. The molecule has 0 aromatic carbocycles. The van der Waals surface area contributed by atoms with Gasteiger partial charge in [0, 0.05) is 0 Å². The maximum absolute atomic E-state index is 2.27. The van der Waals surface area contributed by atoms with Gasteiger partial charge in [-0.15, -0.1) is 23.5 Å². The van der Waals surface area contributed by atoms with Crippen LogP contribution in [0.25, 0.3) is 0 Å². The molecule has 0 saturated heterocycles. The summed E-state index contributed by atoms with van der Waals surface area (Å²) in [6.07, 6.45) is 8.47. The molecule has 0 aliphatic carbocycles. The molecule has 0 spiro atoms. The normalized spacial score (nSPS) is 17.4. The average molecular weight is 202 g/mol. The van der Waals surface area contributed by atoms with Crippen LogP contribution in [-0.2, 0) is 0 Å². The Balaban J connectivity index is 1.82. The molecule has 1 aliphatic rings. The summed E-state index contributed by atoms with van der Waals surface area (Å²) < 4.78 is 0.839. The summed E-state index contributed by atoms with van der Waals surface area (Å²) in [7, 11) is 0. The minimum atomic E-state index is 0.839. The summed E-state index contributed by atoms with van der Waals surface area (Å²) in [5.74, 6) is 0. The summed E-state index contributed by atoms with van der Waals surface area (Å²) in [6, 6.07) is 0. The fraction of sp³-hybridized carbons (Fsp3) is 0.800. The topological polar surface area (TPSA) is 0 Å². The van der Waals surface area contributed by atoms with Crippen LogP contribution in [0, 0.1) is 0 Å². The van der Waals surface area contributed by atoms with Crippen LogP contribution < -0.4 is 0 Å². The summed E-state index contributed by atoms with van der Waals surface area (Å²) in [6.45, 7) is 2.27. The first-order valence-corrected chi connectivity index (χ1v) is 6.78. The molecule has 1 heterocycles. The molecule has 0 saturated carbocycles. The van der Waals surface area contributed by atoms with Crippen molar-refractivity contribution < 1.29 is 0 Å². The highest BCUT2D eigenvalue weighted by molar-refractivity contribution is 8.22. The van der Waals surface area contributed by atoms with Gasteiger partial charge in [0.05, 0.1) is 4.58 Å². The Labute approximate surface area is 84.6 Å². The highest BCUT2D eigenvalue weighted by atomic mass is 32.2. The maximum atomic E-state index is 2.27. The molecule has 0 N–H and O–H groups in total. The number of hydrogen-bond acceptors (Lipinski definition) is 2. The lowest BCUT2D eigenvalue weighted by atomic mass is 10.1. The molecular weight excluding hydrogens is 184 g/mol. The van der Waals surface area contributed by atoms with Crippen molar-refractivity contribution in [3.05, 3.63) is 10.8 Å². The number of unbranched alkanes of at least 4 members (excludes halogenated alkanes) is 4. The van der Waals surface area contributed by atoms with Crippen LogP contribution in [0.5, 0.6) is 0 Å². The van der Waals surface area contributed by atoms with E-state index in [4.69, 9.17) is 0 Å². The number of hydrogen-bond donors (Lipinski definition) is 0. The summed E-state index contributed by atoms with van der Waals surface area (Å²) >= 11 is 3.98. The Morgan fingerprint density at radius 1 is 1.00 bits per heavy atom. The van der Waals surface area contributed by atoms with Crippen molar-refractivity contribution in [3.63, 3.8) is 0 Å². The largest absolute Gasteiger partial charge is 0.119 e. The molecule has 0 bridgehead atoms. The van der Waals surface area contributed by atoms with Gasteiger partial charge in [-0.1, -0.05) is 39.0 Å². The van der Waals surface area contributed by atoms with Crippen molar-refractivity contribution in [2.24, 2.45) is 0 Å². The third kappa shape index (κ3) is 4.46. The van der Waals surface area contributed by atoms with E-state index < -0.39 is 0 Å². The molecule has 0 unspecified atom stereocenters. The van der Waals surface area contributed by atoms with Crippen LogP contribution in [-0.4, -0.2) is 4.58 Å². The van der Waals surface area contributed by atoms with E-state index in [1.54, 1.807) is 0 Å². The Hall–Kier alpha value is 0.440. The molecule has 0 nitrogen and oxygen atoms in total. The standard InChI is InChI=1S/C10H18S2/c1-2-3-4-5-6-7-10-11-8-9-12-10/h8-10H,2-7H2,1H3. The van der Waals surface area contributed by atoms with Gasteiger partial charge in [0.15, 0.2) is 0 Å². The van der Waals surface area contributed by atoms with Crippen molar-refractivity contribution in [2.75, 3.05) is 0 Å². The molecule has 12 heavy (non-hydrogen) atoms. The van der Waals surface area contributed by atoms with E-state index in [9.17, 15) is 0 Å². The molecule has 0 amide bonds. The van der Waals surface area contributed by atoms with Crippen LogP contribution in [0.2, 0.25) is 0 Å². The lowest BCUT2D eigenvalue weighted by Crippen LogP contribution is -1.90. The Bertz CT molecular complexity index is 124. The van der Waals surface area contributed by atoms with Crippen LogP contribution >= 0.6 is 23.5 Å². The molecule has 0 aromatic rings. The summed E-state index contributed by atoms with van der Waals surface area (Å²) in [5, 5.41) is 4.45.